The Morgan fingerprint density at radius 3 is 2.53 bits per heavy atom. The van der Waals surface area contributed by atoms with Crippen LogP contribution < -0.4 is 5.73 Å². The molecule has 0 amide bonds. The molecule has 0 aliphatic heterocycles. The first-order chi connectivity index (χ1) is 8.99. The Kier molecular flexibility index (Phi) is 4.27. The van der Waals surface area contributed by atoms with Gasteiger partial charge in [0.05, 0.1) is 0 Å². The summed E-state index contributed by atoms with van der Waals surface area (Å²) in [5, 5.41) is 0. The minimum absolute atomic E-state index is 0.231. The summed E-state index contributed by atoms with van der Waals surface area (Å²) in [6.07, 6.45) is 0. The summed E-state index contributed by atoms with van der Waals surface area (Å²) < 4.78 is 13.9. The summed E-state index contributed by atoms with van der Waals surface area (Å²) in [4.78, 5) is 2.04. The second-order valence-electron chi connectivity index (χ2n) is 4.81. The van der Waals surface area contributed by atoms with Crippen LogP contribution in [-0.4, -0.2) is 0 Å². The second kappa shape index (κ2) is 5.76. The molecule has 2 N–H and O–H groups in total. The van der Waals surface area contributed by atoms with Gasteiger partial charge >= 0.3 is 0 Å². The molecule has 2 rings (SSSR count). The number of hydrogen-bond acceptors (Lipinski definition) is 2. The van der Waals surface area contributed by atoms with Crippen molar-refractivity contribution in [1.29, 1.82) is 0 Å². The van der Waals surface area contributed by atoms with Gasteiger partial charge in [-0.2, -0.15) is 0 Å². The van der Waals surface area contributed by atoms with Gasteiger partial charge in [0.2, 0.25) is 0 Å². The van der Waals surface area contributed by atoms with Crippen molar-refractivity contribution >= 4 is 11.8 Å². The molecule has 0 aliphatic rings. The predicted octanol–water partition coefficient (Wildman–Crippen LogP) is 4.61. The lowest BCUT2D eigenvalue weighted by Gasteiger charge is -2.14. The third-order valence-corrected chi connectivity index (χ3v) is 4.27. The van der Waals surface area contributed by atoms with Crippen LogP contribution in [0.1, 0.15) is 29.7 Å². The lowest BCUT2D eigenvalue weighted by molar-refractivity contribution is 0.585. The van der Waals surface area contributed by atoms with E-state index in [1.54, 1.807) is 17.8 Å². The van der Waals surface area contributed by atoms with Gasteiger partial charge in [0.15, 0.2) is 0 Å². The number of nitrogens with two attached hydrogens (primary N) is 1. The molecule has 2 aromatic rings. The fraction of sp³-hybridized carbons (Fsp3) is 0.250. The van der Waals surface area contributed by atoms with Crippen molar-refractivity contribution in [2.24, 2.45) is 5.73 Å². The number of halogens is 1. The molecule has 0 heterocycles. The zero-order chi connectivity index (χ0) is 14.0. The monoisotopic (exact) mass is 275 g/mol. The van der Waals surface area contributed by atoms with E-state index in [0.717, 1.165) is 9.79 Å². The molecule has 0 aromatic heterocycles. The van der Waals surface area contributed by atoms with Gasteiger partial charge in [-0.05, 0) is 50.1 Å². The largest absolute Gasteiger partial charge is 0.324 e. The van der Waals surface area contributed by atoms with Crippen LogP contribution in [0.5, 0.6) is 0 Å². The first kappa shape index (κ1) is 14.1. The van der Waals surface area contributed by atoms with E-state index in [9.17, 15) is 4.39 Å². The molecule has 0 fully saturated rings. The van der Waals surface area contributed by atoms with Crippen molar-refractivity contribution in [2.75, 3.05) is 0 Å². The van der Waals surface area contributed by atoms with Crippen LogP contribution in [0.15, 0.2) is 46.2 Å². The molecule has 0 unspecified atom stereocenters. The Hall–Kier alpha value is -1.32. The molecule has 0 radical (unpaired) electrons. The molecule has 3 heteroatoms. The average Bonchev–Trinajstić information content (AvgIpc) is 2.33. The Morgan fingerprint density at radius 1 is 1.11 bits per heavy atom. The minimum Gasteiger partial charge on any atom is -0.324 e. The van der Waals surface area contributed by atoms with E-state index in [0.29, 0.717) is 5.56 Å². The Morgan fingerprint density at radius 2 is 1.84 bits per heavy atom. The van der Waals surface area contributed by atoms with E-state index in [2.05, 4.69) is 32.0 Å². The van der Waals surface area contributed by atoms with E-state index >= 15 is 0 Å². The summed E-state index contributed by atoms with van der Waals surface area (Å²) in [7, 11) is 0. The van der Waals surface area contributed by atoms with Gasteiger partial charge in [0, 0.05) is 21.4 Å². The van der Waals surface area contributed by atoms with Crippen molar-refractivity contribution in [2.45, 2.75) is 36.6 Å². The highest BCUT2D eigenvalue weighted by Crippen LogP contribution is 2.36. The maximum Gasteiger partial charge on any atom is 0.129 e. The van der Waals surface area contributed by atoms with Crippen LogP contribution in [0.25, 0.3) is 0 Å². The van der Waals surface area contributed by atoms with E-state index in [1.165, 1.54) is 17.2 Å². The number of benzene rings is 2. The molecule has 0 bridgehead atoms. The summed E-state index contributed by atoms with van der Waals surface area (Å²) in [5.41, 5.74) is 8.87. The van der Waals surface area contributed by atoms with Gasteiger partial charge in [-0.1, -0.05) is 30.0 Å². The molecule has 100 valence electrons. The van der Waals surface area contributed by atoms with Gasteiger partial charge in [0.25, 0.3) is 0 Å². The summed E-state index contributed by atoms with van der Waals surface area (Å²) in [5.74, 6) is -0.231. The molecule has 0 aliphatic carbocycles. The van der Waals surface area contributed by atoms with Crippen LogP contribution in [-0.2, 0) is 0 Å². The first-order valence-corrected chi connectivity index (χ1v) is 7.10. The fourth-order valence-corrected chi connectivity index (χ4v) is 3.23. The first-order valence-electron chi connectivity index (χ1n) is 6.28. The maximum absolute atomic E-state index is 13.9. The average molecular weight is 275 g/mol. The molecule has 19 heavy (non-hydrogen) atoms. The molecular weight excluding hydrogens is 257 g/mol. The summed E-state index contributed by atoms with van der Waals surface area (Å²) >= 11 is 1.58. The van der Waals surface area contributed by atoms with Crippen molar-refractivity contribution in [3.63, 3.8) is 0 Å². The molecule has 1 nitrogen and oxygen atoms in total. The van der Waals surface area contributed by atoms with Crippen molar-refractivity contribution in [3.05, 3.63) is 58.9 Å². The Labute approximate surface area is 118 Å². The predicted molar refractivity (Wildman–Crippen MR) is 79.0 cm³/mol. The van der Waals surface area contributed by atoms with E-state index in [4.69, 9.17) is 5.73 Å². The topological polar surface area (TPSA) is 26.0 Å². The standard InChI is InChI=1S/C16H18FNS/c1-10-7-8-11(2)15(9-10)19-14-6-4-5-13(17)16(14)12(3)18/h4-9,12H,18H2,1-3H3/t12-/m0/s1. The zero-order valence-corrected chi connectivity index (χ0v) is 12.2. The lowest BCUT2D eigenvalue weighted by Crippen LogP contribution is -2.09. The van der Waals surface area contributed by atoms with Crippen LogP contribution in [0.4, 0.5) is 4.39 Å². The molecule has 0 saturated heterocycles. The van der Waals surface area contributed by atoms with Gasteiger partial charge in [-0.3, -0.25) is 0 Å². The Bertz CT molecular complexity index is 593. The number of rotatable bonds is 3. The second-order valence-corrected chi connectivity index (χ2v) is 5.90. The van der Waals surface area contributed by atoms with Crippen molar-refractivity contribution in [1.82, 2.24) is 0 Å². The molecule has 0 saturated carbocycles. The SMILES string of the molecule is Cc1ccc(C)c(Sc2cccc(F)c2[C@H](C)N)c1. The van der Waals surface area contributed by atoms with E-state index in [-0.39, 0.29) is 11.9 Å². The number of hydrogen-bond donors (Lipinski definition) is 1. The fourth-order valence-electron chi connectivity index (χ4n) is 1.98. The number of aryl methyl sites for hydroxylation is 2. The third kappa shape index (κ3) is 3.17. The van der Waals surface area contributed by atoms with Crippen molar-refractivity contribution in [3.8, 4) is 0 Å². The normalized spacial score (nSPS) is 12.5. The van der Waals surface area contributed by atoms with E-state index in [1.807, 2.05) is 13.0 Å². The molecule has 2 aromatic carbocycles. The zero-order valence-electron chi connectivity index (χ0n) is 11.4. The van der Waals surface area contributed by atoms with Gasteiger partial charge in [-0.15, -0.1) is 0 Å². The van der Waals surface area contributed by atoms with Crippen LogP contribution in [0.3, 0.4) is 0 Å². The molecule has 1 atom stereocenters. The third-order valence-electron chi connectivity index (χ3n) is 3.03. The molecular formula is C16H18FNS. The Balaban J connectivity index is 2.44. The van der Waals surface area contributed by atoms with E-state index < -0.39 is 0 Å². The summed E-state index contributed by atoms with van der Waals surface area (Å²) in [6, 6.07) is 11.1. The summed E-state index contributed by atoms with van der Waals surface area (Å²) in [6.45, 7) is 5.93. The van der Waals surface area contributed by atoms with Crippen LogP contribution in [0, 0.1) is 19.7 Å². The highest BCUT2D eigenvalue weighted by molar-refractivity contribution is 7.99. The van der Waals surface area contributed by atoms with Gasteiger partial charge < -0.3 is 5.73 Å². The minimum atomic E-state index is -0.311. The highest BCUT2D eigenvalue weighted by atomic mass is 32.2. The van der Waals surface area contributed by atoms with Gasteiger partial charge in [-0.25, -0.2) is 4.39 Å². The van der Waals surface area contributed by atoms with Crippen molar-refractivity contribution < 1.29 is 4.39 Å². The lowest BCUT2D eigenvalue weighted by atomic mass is 10.1. The molecule has 0 spiro atoms. The maximum atomic E-state index is 13.9. The van der Waals surface area contributed by atoms with Crippen LogP contribution in [0.2, 0.25) is 0 Å². The quantitative estimate of drug-likeness (QED) is 0.885. The smallest absolute Gasteiger partial charge is 0.129 e. The van der Waals surface area contributed by atoms with Gasteiger partial charge in [0.1, 0.15) is 5.82 Å². The van der Waals surface area contributed by atoms with Crippen LogP contribution >= 0.6 is 11.8 Å². The highest BCUT2D eigenvalue weighted by Gasteiger charge is 2.14.